The molecule has 3 aromatic rings. The van der Waals surface area contributed by atoms with Crippen molar-refractivity contribution in [2.24, 2.45) is 11.0 Å². The van der Waals surface area contributed by atoms with Gasteiger partial charge in [-0.15, -0.1) is 0 Å². The summed E-state index contributed by atoms with van der Waals surface area (Å²) in [5.41, 5.74) is 3.01. The van der Waals surface area contributed by atoms with Crippen molar-refractivity contribution in [3.63, 3.8) is 0 Å². The van der Waals surface area contributed by atoms with Crippen molar-refractivity contribution in [1.82, 2.24) is 10.7 Å². The molecule has 4 rings (SSSR count). The Labute approximate surface area is 203 Å². The van der Waals surface area contributed by atoms with Crippen molar-refractivity contribution < 1.29 is 33.1 Å². The van der Waals surface area contributed by atoms with E-state index in [1.807, 2.05) is 0 Å². The molecule has 0 radical (unpaired) electrons. The fraction of sp³-hybridized carbons (Fsp3) is 0.0833. The van der Waals surface area contributed by atoms with Gasteiger partial charge < -0.3 is 14.5 Å². The molecule has 0 unspecified atom stereocenters. The molecule has 0 aliphatic carbocycles. The lowest BCUT2D eigenvalue weighted by atomic mass is 10.1. The summed E-state index contributed by atoms with van der Waals surface area (Å²) in [6, 6.07) is 14.4. The number of furan rings is 1. The molecular weight excluding hydrogens is 470 g/mol. The minimum Gasteiger partial charge on any atom is -0.495 e. The molecule has 36 heavy (non-hydrogen) atoms. The normalized spacial score (nSPS) is 15.5. The number of barbiturate groups is 1. The van der Waals surface area contributed by atoms with Gasteiger partial charge in [-0.3, -0.25) is 24.5 Å². The van der Waals surface area contributed by atoms with Gasteiger partial charge in [0, 0.05) is 17.5 Å². The number of hydrogen-bond acceptors (Lipinski definition) is 8. The number of methoxy groups -OCH3 is 1. The van der Waals surface area contributed by atoms with Gasteiger partial charge in [0.05, 0.1) is 19.1 Å². The van der Waals surface area contributed by atoms with E-state index in [0.29, 0.717) is 5.69 Å². The van der Waals surface area contributed by atoms with Crippen molar-refractivity contribution in [1.29, 1.82) is 0 Å². The number of carbonyl (C=O) groups excluding carboxylic acids is 5. The Morgan fingerprint density at radius 3 is 2.47 bits per heavy atom. The first kappa shape index (κ1) is 23.9. The van der Waals surface area contributed by atoms with Crippen molar-refractivity contribution in [3.8, 4) is 5.75 Å². The summed E-state index contributed by atoms with van der Waals surface area (Å²) in [5.74, 6) is -3.89. The first-order valence-corrected chi connectivity index (χ1v) is 10.5. The fourth-order valence-electron chi connectivity index (χ4n) is 3.30. The van der Waals surface area contributed by atoms with Gasteiger partial charge in [0.1, 0.15) is 5.75 Å². The molecule has 0 spiro atoms. The van der Waals surface area contributed by atoms with Gasteiger partial charge in [-0.25, -0.2) is 15.1 Å². The van der Waals surface area contributed by atoms with Crippen molar-refractivity contribution in [2.45, 2.75) is 0 Å². The number of nitrogens with one attached hydrogen (secondary N) is 3. The number of anilines is 2. The van der Waals surface area contributed by atoms with Gasteiger partial charge in [0.2, 0.25) is 5.91 Å². The van der Waals surface area contributed by atoms with Crippen LogP contribution in [0.25, 0.3) is 0 Å². The summed E-state index contributed by atoms with van der Waals surface area (Å²) in [6.45, 7) is 0. The number of amides is 6. The van der Waals surface area contributed by atoms with Crippen LogP contribution in [0, 0.1) is 5.92 Å². The van der Waals surface area contributed by atoms with Crippen LogP contribution in [0.15, 0.2) is 76.4 Å². The maximum Gasteiger partial charge on any atom is 0.335 e. The van der Waals surface area contributed by atoms with Crippen LogP contribution < -0.4 is 25.7 Å². The van der Waals surface area contributed by atoms with Gasteiger partial charge in [0.15, 0.2) is 11.7 Å². The third-order valence-electron chi connectivity index (χ3n) is 5.07. The number of urea groups is 1. The summed E-state index contributed by atoms with van der Waals surface area (Å²) in [7, 11) is 1.38. The van der Waals surface area contributed by atoms with Gasteiger partial charge >= 0.3 is 6.03 Å². The third-order valence-corrected chi connectivity index (χ3v) is 5.07. The Morgan fingerprint density at radius 1 is 1.03 bits per heavy atom. The Kier molecular flexibility index (Phi) is 6.86. The van der Waals surface area contributed by atoms with Crippen LogP contribution in [0.4, 0.5) is 16.2 Å². The molecular formula is C24H19N5O7. The maximum absolute atomic E-state index is 12.9. The van der Waals surface area contributed by atoms with Gasteiger partial charge in [-0.2, -0.15) is 5.10 Å². The SMILES string of the molecule is COc1ccccc1N1C(=O)NC(=O)[C@H](/C=N\NC(=O)c2ccc(NC(=O)c3ccco3)cc2)C1=O. The van der Waals surface area contributed by atoms with Crippen LogP contribution >= 0.6 is 0 Å². The Hall–Kier alpha value is -5.26. The number of nitrogens with zero attached hydrogens (tertiary/aromatic N) is 2. The van der Waals surface area contributed by atoms with Crippen LogP contribution in [-0.2, 0) is 9.59 Å². The van der Waals surface area contributed by atoms with E-state index in [9.17, 15) is 24.0 Å². The molecule has 0 bridgehead atoms. The monoisotopic (exact) mass is 489 g/mol. The molecule has 2 heterocycles. The van der Waals surface area contributed by atoms with Gasteiger partial charge in [-0.1, -0.05) is 12.1 Å². The highest BCUT2D eigenvalue weighted by Gasteiger charge is 2.41. The molecule has 1 saturated heterocycles. The van der Waals surface area contributed by atoms with Crippen LogP contribution in [0.3, 0.4) is 0 Å². The Bertz CT molecular complexity index is 1350. The predicted molar refractivity (Wildman–Crippen MR) is 127 cm³/mol. The number of carbonyl (C=O) groups is 5. The molecule has 6 amide bonds. The van der Waals surface area contributed by atoms with E-state index in [4.69, 9.17) is 9.15 Å². The Morgan fingerprint density at radius 2 is 1.78 bits per heavy atom. The van der Waals surface area contributed by atoms with Crippen LogP contribution in [-0.4, -0.2) is 43.0 Å². The average molecular weight is 489 g/mol. The van der Waals surface area contributed by atoms with Crippen LogP contribution in [0.2, 0.25) is 0 Å². The van der Waals surface area contributed by atoms with Crippen LogP contribution in [0.1, 0.15) is 20.9 Å². The van der Waals surface area contributed by atoms with Crippen molar-refractivity contribution in [2.75, 3.05) is 17.3 Å². The summed E-state index contributed by atoms with van der Waals surface area (Å²) in [4.78, 5) is 62.7. The summed E-state index contributed by atoms with van der Waals surface area (Å²) in [6.07, 6.45) is 2.31. The van der Waals surface area contributed by atoms with Gasteiger partial charge in [0.25, 0.3) is 17.7 Å². The molecule has 1 aliphatic rings. The molecule has 3 N–H and O–H groups in total. The molecule has 1 aromatic heterocycles. The van der Waals surface area contributed by atoms with E-state index >= 15 is 0 Å². The summed E-state index contributed by atoms with van der Waals surface area (Å²) in [5, 5.41) is 8.42. The van der Waals surface area contributed by atoms with E-state index in [1.165, 1.54) is 49.8 Å². The zero-order valence-corrected chi connectivity index (χ0v) is 18.8. The smallest absolute Gasteiger partial charge is 0.335 e. The molecule has 182 valence electrons. The largest absolute Gasteiger partial charge is 0.495 e. The summed E-state index contributed by atoms with van der Waals surface area (Å²) < 4.78 is 10.2. The number of hydrazone groups is 1. The third kappa shape index (κ3) is 4.97. The molecule has 12 nitrogen and oxygen atoms in total. The lowest BCUT2D eigenvalue weighted by molar-refractivity contribution is -0.131. The highest BCUT2D eigenvalue weighted by molar-refractivity contribution is 6.33. The second-order valence-electron chi connectivity index (χ2n) is 7.35. The molecule has 12 heteroatoms. The number of benzene rings is 2. The number of para-hydroxylation sites is 2. The lowest BCUT2D eigenvalue weighted by Gasteiger charge is -2.29. The second-order valence-corrected chi connectivity index (χ2v) is 7.35. The minimum absolute atomic E-state index is 0.137. The maximum atomic E-state index is 12.9. The molecule has 1 fully saturated rings. The predicted octanol–water partition coefficient (Wildman–Crippen LogP) is 2.16. The zero-order valence-electron chi connectivity index (χ0n) is 18.8. The number of ether oxygens (including phenoxy) is 1. The Balaban J connectivity index is 1.40. The highest BCUT2D eigenvalue weighted by Crippen LogP contribution is 2.30. The highest BCUT2D eigenvalue weighted by atomic mass is 16.5. The second kappa shape index (κ2) is 10.3. The van der Waals surface area contributed by atoms with Crippen LogP contribution in [0.5, 0.6) is 5.75 Å². The first-order chi connectivity index (χ1) is 17.4. The number of rotatable bonds is 7. The molecule has 1 aliphatic heterocycles. The fourth-order valence-corrected chi connectivity index (χ4v) is 3.30. The number of imide groups is 2. The quantitative estimate of drug-likeness (QED) is 0.260. The first-order valence-electron chi connectivity index (χ1n) is 10.5. The lowest BCUT2D eigenvalue weighted by Crippen LogP contribution is -2.58. The average Bonchev–Trinajstić information content (AvgIpc) is 3.42. The van der Waals surface area contributed by atoms with E-state index in [1.54, 1.807) is 24.3 Å². The number of hydrogen-bond donors (Lipinski definition) is 3. The van der Waals surface area contributed by atoms with Crippen molar-refractivity contribution >= 4 is 47.2 Å². The molecule has 1 atom stereocenters. The van der Waals surface area contributed by atoms with Gasteiger partial charge in [-0.05, 0) is 48.5 Å². The van der Waals surface area contributed by atoms with E-state index in [0.717, 1.165) is 11.1 Å². The van der Waals surface area contributed by atoms with E-state index in [2.05, 4.69) is 21.2 Å². The molecule has 0 saturated carbocycles. The standard InChI is InChI=1S/C24H19N5O7/c1-35-18-6-3-2-5-17(18)29-23(33)16(21(31)27-24(29)34)13-25-28-20(30)14-8-10-15(11-9-14)26-22(32)19-7-4-12-36-19/h2-13,16H,1H3,(H,26,32)(H,28,30)(H,27,31,34)/b25-13-/t16-/m0/s1. The molecule has 2 aromatic carbocycles. The topological polar surface area (TPSA) is 159 Å². The van der Waals surface area contributed by atoms with Crippen molar-refractivity contribution in [3.05, 3.63) is 78.3 Å². The van der Waals surface area contributed by atoms with E-state index < -0.39 is 35.6 Å². The minimum atomic E-state index is -1.47. The summed E-state index contributed by atoms with van der Waals surface area (Å²) >= 11 is 0. The van der Waals surface area contributed by atoms with E-state index in [-0.39, 0.29) is 22.8 Å². The zero-order chi connectivity index (χ0) is 25.7.